The maximum Gasteiger partial charge on any atom is 1.00 e. The molecule has 0 radical (unpaired) electrons. The van der Waals surface area contributed by atoms with E-state index in [2.05, 4.69) is 10.1 Å². The van der Waals surface area contributed by atoms with Crippen molar-refractivity contribution in [2.75, 3.05) is 0 Å². The number of H-pyrrole nitrogens is 1. The Morgan fingerprint density at radius 1 is 0.953 bits per heavy atom. The van der Waals surface area contributed by atoms with E-state index in [1.807, 2.05) is 69.3 Å². The minimum Gasteiger partial charge on any atom is -1.00 e. The summed E-state index contributed by atoms with van der Waals surface area (Å²) in [7, 11) is 0. The van der Waals surface area contributed by atoms with E-state index in [9.17, 15) is 14.0 Å². The van der Waals surface area contributed by atoms with Gasteiger partial charge in [0.05, 0.1) is 23.9 Å². The summed E-state index contributed by atoms with van der Waals surface area (Å²) < 4.78 is 27.0. The van der Waals surface area contributed by atoms with Crippen molar-refractivity contribution in [3.8, 4) is 39.4 Å². The molecule has 2 heterocycles. The van der Waals surface area contributed by atoms with Gasteiger partial charge < -0.3 is 6.16 Å². The summed E-state index contributed by atoms with van der Waals surface area (Å²) in [6.07, 6.45) is -0.107. The van der Waals surface area contributed by atoms with Gasteiger partial charge in [-0.2, -0.15) is 0 Å². The molecule has 0 fully saturated rings. The molecule has 0 spiro atoms. The number of aromatic amines is 1. The summed E-state index contributed by atoms with van der Waals surface area (Å²) in [6.45, 7) is 7.57. The van der Waals surface area contributed by atoms with Crippen LogP contribution in [0.3, 0.4) is 0 Å². The molecule has 5 rings (SSSR count). The number of aromatic nitrogens is 4. The number of benzene rings is 3. The second-order valence-corrected chi connectivity index (χ2v) is 10.4. The zero-order chi connectivity index (χ0) is 29.8. The summed E-state index contributed by atoms with van der Waals surface area (Å²) in [4.78, 5) is 32.8. The molecule has 0 aliphatic carbocycles. The molecule has 10 heteroatoms. The van der Waals surface area contributed by atoms with Gasteiger partial charge in [-0.1, -0.05) is 72.7 Å². The van der Waals surface area contributed by atoms with Crippen LogP contribution in [0.5, 0.6) is 5.75 Å². The fourth-order valence-corrected chi connectivity index (χ4v) is 4.99. The Hall–Kier alpha value is -3.15. The van der Waals surface area contributed by atoms with Gasteiger partial charge >= 0.3 is 57.1 Å². The van der Waals surface area contributed by atoms with Gasteiger partial charge in [-0.05, 0) is 61.6 Å². The average Bonchev–Trinajstić information content (AvgIpc) is 3.41. The molecule has 43 heavy (non-hydrogen) atoms. The smallest absolute Gasteiger partial charge is 1.00 e. The van der Waals surface area contributed by atoms with Crippen molar-refractivity contribution in [3.05, 3.63) is 111 Å². The van der Waals surface area contributed by atoms with Crippen LogP contribution in [0.2, 0.25) is 0 Å². The van der Waals surface area contributed by atoms with Crippen molar-refractivity contribution in [3.63, 3.8) is 0 Å². The fraction of sp³-hybridized carbons (Fsp3) is 0.273. The molecular formula is C33H34FKN4O4. The van der Waals surface area contributed by atoms with Crippen LogP contribution in [0, 0.1) is 0 Å². The first kappa shape index (κ1) is 32.8. The van der Waals surface area contributed by atoms with Gasteiger partial charge in [0.25, 0.3) is 5.56 Å². The van der Waals surface area contributed by atoms with Crippen LogP contribution in [0.25, 0.3) is 33.6 Å². The van der Waals surface area contributed by atoms with Crippen molar-refractivity contribution in [1.82, 2.24) is 19.7 Å². The molecule has 2 aromatic heterocycles. The van der Waals surface area contributed by atoms with Gasteiger partial charge in [-0.15, -0.1) is 0 Å². The summed E-state index contributed by atoms with van der Waals surface area (Å²) in [5.41, 5.74) is 4.11. The first-order chi connectivity index (χ1) is 20.2. The zero-order valence-electron chi connectivity index (χ0n) is 26.1. The molecule has 1 atom stereocenters. The molecule has 0 saturated carbocycles. The Kier molecular flexibility index (Phi) is 11.1. The maximum atomic E-state index is 14.9. The molecular weight excluding hydrogens is 574 g/mol. The van der Waals surface area contributed by atoms with E-state index in [1.165, 1.54) is 6.92 Å². The Morgan fingerprint density at radius 2 is 1.60 bits per heavy atom. The molecule has 0 aliphatic heterocycles. The van der Waals surface area contributed by atoms with E-state index in [1.54, 1.807) is 28.8 Å². The van der Waals surface area contributed by atoms with E-state index in [0.29, 0.717) is 29.4 Å². The summed E-state index contributed by atoms with van der Waals surface area (Å²) in [5.74, 6) is 0.954. The second-order valence-electron chi connectivity index (χ2n) is 10.4. The number of halogens is 1. The molecule has 5 aromatic rings. The van der Waals surface area contributed by atoms with Gasteiger partial charge in [-0.25, -0.2) is 14.2 Å². The Labute approximate surface area is 293 Å². The van der Waals surface area contributed by atoms with Gasteiger partial charge in [0.2, 0.25) is 0 Å². The standard InChI is InChI=1S/C33H33FN4O4.K.H/c1-5-8-28-35-30(21(4)34)29(24-15-17-25(18-16-24)41-20(2)3)32(39)38(28)19-22-11-13-23(14-12-22)26-9-6-7-10-27(26)31-36-33(40)42-37-31;;/h6-7,9-18,20-21H,5,8,19H2,1-4H3,(H,36,37,40);;/q;+1;-1. The Balaban J connectivity index is 0.00000264. The summed E-state index contributed by atoms with van der Waals surface area (Å²) in [6, 6.07) is 22.5. The number of nitrogens with one attached hydrogen (secondary N) is 1. The zero-order valence-corrected chi connectivity index (χ0v) is 28.2. The van der Waals surface area contributed by atoms with Crippen LogP contribution in [0.15, 0.2) is 86.9 Å². The van der Waals surface area contributed by atoms with Crippen molar-refractivity contribution in [2.24, 2.45) is 0 Å². The van der Waals surface area contributed by atoms with Gasteiger partial charge in [-0.3, -0.25) is 18.9 Å². The van der Waals surface area contributed by atoms with Crippen LogP contribution in [-0.2, 0) is 13.0 Å². The van der Waals surface area contributed by atoms with E-state index in [-0.39, 0.29) is 82.3 Å². The minimum atomic E-state index is -1.41. The van der Waals surface area contributed by atoms with Crippen LogP contribution in [0.1, 0.15) is 58.8 Å². The van der Waals surface area contributed by atoms with Gasteiger partial charge in [0, 0.05) is 12.0 Å². The van der Waals surface area contributed by atoms with Crippen molar-refractivity contribution in [1.29, 1.82) is 0 Å². The quantitative estimate of drug-likeness (QED) is 0.242. The number of hydrogen-bond donors (Lipinski definition) is 1. The summed E-state index contributed by atoms with van der Waals surface area (Å²) in [5, 5.41) is 3.83. The molecule has 0 amide bonds. The molecule has 0 aliphatic rings. The monoisotopic (exact) mass is 608 g/mol. The van der Waals surface area contributed by atoms with E-state index in [0.717, 1.165) is 28.7 Å². The number of hydrogen-bond acceptors (Lipinski definition) is 6. The predicted octanol–water partition coefficient (Wildman–Crippen LogP) is 3.86. The predicted molar refractivity (Wildman–Crippen MR) is 161 cm³/mol. The normalized spacial score (nSPS) is 11.8. The van der Waals surface area contributed by atoms with Crippen molar-refractivity contribution >= 4 is 0 Å². The number of alkyl halides is 1. The van der Waals surface area contributed by atoms with E-state index < -0.39 is 11.9 Å². The third kappa shape index (κ3) is 7.50. The first-order valence-electron chi connectivity index (χ1n) is 14.0. The van der Waals surface area contributed by atoms with Crippen LogP contribution >= 0.6 is 0 Å². The molecule has 3 aromatic carbocycles. The molecule has 0 bridgehead atoms. The minimum absolute atomic E-state index is 0. The maximum absolute atomic E-state index is 14.9. The third-order valence-electron chi connectivity index (χ3n) is 6.87. The summed E-state index contributed by atoms with van der Waals surface area (Å²) >= 11 is 0. The van der Waals surface area contributed by atoms with Crippen LogP contribution < -0.4 is 67.4 Å². The Bertz CT molecular complexity index is 1800. The molecule has 1 N–H and O–H groups in total. The second kappa shape index (κ2) is 14.5. The average molecular weight is 609 g/mol. The number of rotatable bonds is 10. The molecule has 1 unspecified atom stereocenters. The molecule has 0 saturated heterocycles. The van der Waals surface area contributed by atoms with Gasteiger partial charge in [0.15, 0.2) is 5.82 Å². The largest absolute Gasteiger partial charge is 1.00 e. The number of nitrogens with zero attached hydrogens (tertiary/aromatic N) is 3. The first-order valence-corrected chi connectivity index (χ1v) is 14.0. The molecule has 218 valence electrons. The number of aryl methyl sites for hydroxylation is 1. The van der Waals surface area contributed by atoms with Crippen molar-refractivity contribution < 1.29 is 66.5 Å². The SMILES string of the molecule is CCCc1nc(C(C)F)c(-c2ccc(OC(C)C)cc2)c(=O)n1Cc1ccc(-c2ccccc2-c2noc(=O)[nH]2)cc1.[H-].[K+]. The van der Waals surface area contributed by atoms with E-state index >= 15 is 0 Å². The number of ether oxygens (including phenoxy) is 1. The van der Waals surface area contributed by atoms with Gasteiger partial charge in [0.1, 0.15) is 17.7 Å². The molecule has 8 nitrogen and oxygen atoms in total. The Morgan fingerprint density at radius 3 is 2.19 bits per heavy atom. The topological polar surface area (TPSA) is 103 Å². The van der Waals surface area contributed by atoms with E-state index in [4.69, 9.17) is 14.2 Å². The third-order valence-corrected chi connectivity index (χ3v) is 6.87. The van der Waals surface area contributed by atoms with Crippen molar-refractivity contribution in [2.45, 2.75) is 59.4 Å². The van der Waals surface area contributed by atoms with Crippen LogP contribution in [0.4, 0.5) is 4.39 Å². The van der Waals surface area contributed by atoms with Crippen LogP contribution in [-0.4, -0.2) is 25.8 Å². The fourth-order valence-electron chi connectivity index (χ4n) is 4.99.